The topological polar surface area (TPSA) is 51.8 Å². The van der Waals surface area contributed by atoms with Crippen LogP contribution in [0.25, 0.3) is 11.1 Å². The number of hydrogen-bond acceptors (Lipinski definition) is 3. The third kappa shape index (κ3) is 2.64. The molecule has 82 valence electrons. The predicted octanol–water partition coefficient (Wildman–Crippen LogP) is 2.03. The first kappa shape index (κ1) is 10.8. The molecule has 2 aromatic rings. The monoisotopic (exact) mass is 213 g/mol. The van der Waals surface area contributed by atoms with Crippen LogP contribution in [0.4, 0.5) is 0 Å². The van der Waals surface area contributed by atoms with Gasteiger partial charge in [-0.1, -0.05) is 24.3 Å². The van der Waals surface area contributed by atoms with Gasteiger partial charge in [0.1, 0.15) is 6.33 Å². The van der Waals surface area contributed by atoms with Crippen LogP contribution in [0, 0.1) is 0 Å². The Morgan fingerprint density at radius 1 is 0.938 bits per heavy atom. The van der Waals surface area contributed by atoms with Crippen molar-refractivity contribution >= 4 is 0 Å². The Morgan fingerprint density at radius 2 is 1.62 bits per heavy atom. The quantitative estimate of drug-likeness (QED) is 0.845. The van der Waals surface area contributed by atoms with E-state index in [9.17, 15) is 0 Å². The summed E-state index contributed by atoms with van der Waals surface area (Å²) in [6, 6.07) is 8.48. The van der Waals surface area contributed by atoms with E-state index in [0.29, 0.717) is 0 Å². The Hall–Kier alpha value is -1.74. The zero-order chi connectivity index (χ0) is 11.2. The van der Waals surface area contributed by atoms with Crippen molar-refractivity contribution < 1.29 is 0 Å². The van der Waals surface area contributed by atoms with Crippen LogP contribution in [0.5, 0.6) is 0 Å². The maximum absolute atomic E-state index is 5.48. The second-order valence-electron chi connectivity index (χ2n) is 3.72. The molecule has 1 aromatic carbocycles. The fraction of sp³-hybridized carbons (Fsp3) is 0.231. The lowest BCUT2D eigenvalue weighted by Crippen LogP contribution is -2.00. The second-order valence-corrected chi connectivity index (χ2v) is 3.72. The highest BCUT2D eigenvalue weighted by molar-refractivity contribution is 5.61. The van der Waals surface area contributed by atoms with Crippen molar-refractivity contribution in [2.24, 2.45) is 5.73 Å². The van der Waals surface area contributed by atoms with Crippen LogP contribution in [0.2, 0.25) is 0 Å². The summed E-state index contributed by atoms with van der Waals surface area (Å²) in [4.78, 5) is 8.01. The van der Waals surface area contributed by atoms with Crippen LogP contribution >= 0.6 is 0 Å². The molecule has 2 N–H and O–H groups in total. The summed E-state index contributed by atoms with van der Waals surface area (Å²) in [6.45, 7) is 0.744. The lowest BCUT2D eigenvalue weighted by molar-refractivity contribution is 0.833. The summed E-state index contributed by atoms with van der Waals surface area (Å²) in [5, 5.41) is 0. The van der Waals surface area contributed by atoms with E-state index in [1.165, 1.54) is 5.56 Å². The van der Waals surface area contributed by atoms with Gasteiger partial charge in [-0.2, -0.15) is 0 Å². The molecule has 0 bridgehead atoms. The molecule has 16 heavy (non-hydrogen) atoms. The lowest BCUT2D eigenvalue weighted by Gasteiger charge is -2.03. The number of aromatic nitrogens is 2. The maximum Gasteiger partial charge on any atom is 0.115 e. The summed E-state index contributed by atoms with van der Waals surface area (Å²) in [5.74, 6) is 0. The minimum absolute atomic E-state index is 0.744. The van der Waals surface area contributed by atoms with Gasteiger partial charge in [0.2, 0.25) is 0 Å². The minimum atomic E-state index is 0.744. The van der Waals surface area contributed by atoms with E-state index >= 15 is 0 Å². The van der Waals surface area contributed by atoms with Crippen LogP contribution in [0.15, 0.2) is 43.0 Å². The number of nitrogens with zero attached hydrogens (tertiary/aromatic N) is 2. The normalized spacial score (nSPS) is 10.3. The molecule has 0 radical (unpaired) electrons. The summed E-state index contributed by atoms with van der Waals surface area (Å²) >= 11 is 0. The molecule has 0 aliphatic heterocycles. The first-order valence-electron chi connectivity index (χ1n) is 5.44. The van der Waals surface area contributed by atoms with Gasteiger partial charge in [-0.3, -0.25) is 0 Å². The molecular weight excluding hydrogens is 198 g/mol. The van der Waals surface area contributed by atoms with Crippen molar-refractivity contribution in [3.05, 3.63) is 48.5 Å². The van der Waals surface area contributed by atoms with Crippen molar-refractivity contribution in [2.45, 2.75) is 12.8 Å². The average Bonchev–Trinajstić information content (AvgIpc) is 2.38. The highest BCUT2D eigenvalue weighted by atomic mass is 14.8. The van der Waals surface area contributed by atoms with Crippen molar-refractivity contribution in [1.82, 2.24) is 9.97 Å². The van der Waals surface area contributed by atoms with Gasteiger partial charge in [-0.15, -0.1) is 0 Å². The molecular formula is C13H15N3. The largest absolute Gasteiger partial charge is 0.330 e. The molecule has 0 atom stereocenters. The van der Waals surface area contributed by atoms with E-state index in [1.807, 2.05) is 12.4 Å². The molecule has 2 rings (SSSR count). The van der Waals surface area contributed by atoms with E-state index < -0.39 is 0 Å². The fourth-order valence-corrected chi connectivity index (χ4v) is 1.62. The lowest BCUT2D eigenvalue weighted by atomic mass is 10.0. The number of nitrogens with two attached hydrogens (primary N) is 1. The van der Waals surface area contributed by atoms with Crippen molar-refractivity contribution in [1.29, 1.82) is 0 Å². The van der Waals surface area contributed by atoms with E-state index in [4.69, 9.17) is 5.73 Å². The Balaban J connectivity index is 2.13. The number of aryl methyl sites for hydroxylation is 1. The zero-order valence-corrected chi connectivity index (χ0v) is 9.13. The van der Waals surface area contributed by atoms with Gasteiger partial charge < -0.3 is 5.73 Å². The smallest absolute Gasteiger partial charge is 0.115 e. The Bertz CT molecular complexity index is 423. The van der Waals surface area contributed by atoms with Crippen molar-refractivity contribution in [3.63, 3.8) is 0 Å². The van der Waals surface area contributed by atoms with E-state index in [-0.39, 0.29) is 0 Å². The summed E-state index contributed by atoms with van der Waals surface area (Å²) in [5.41, 5.74) is 9.00. The highest BCUT2D eigenvalue weighted by Crippen LogP contribution is 2.17. The molecule has 3 heteroatoms. The molecule has 0 spiro atoms. The van der Waals surface area contributed by atoms with Crippen LogP contribution in [-0.2, 0) is 6.42 Å². The average molecular weight is 213 g/mol. The number of hydrogen-bond donors (Lipinski definition) is 1. The molecule has 3 nitrogen and oxygen atoms in total. The molecule has 0 aliphatic rings. The zero-order valence-electron chi connectivity index (χ0n) is 9.13. The van der Waals surface area contributed by atoms with E-state index in [1.54, 1.807) is 6.33 Å². The molecule has 0 saturated carbocycles. The molecule has 0 amide bonds. The van der Waals surface area contributed by atoms with Gasteiger partial charge in [-0.05, 0) is 30.5 Å². The first-order chi connectivity index (χ1) is 7.90. The Morgan fingerprint density at radius 3 is 2.25 bits per heavy atom. The van der Waals surface area contributed by atoms with Gasteiger partial charge in [0.15, 0.2) is 0 Å². The summed E-state index contributed by atoms with van der Waals surface area (Å²) in [7, 11) is 0. The van der Waals surface area contributed by atoms with Gasteiger partial charge in [0, 0.05) is 18.0 Å². The SMILES string of the molecule is NCCCc1ccc(-c2cncnc2)cc1. The number of benzene rings is 1. The first-order valence-corrected chi connectivity index (χ1v) is 5.44. The van der Waals surface area contributed by atoms with Crippen molar-refractivity contribution in [2.75, 3.05) is 6.54 Å². The molecule has 0 saturated heterocycles. The predicted molar refractivity (Wildman–Crippen MR) is 64.8 cm³/mol. The van der Waals surface area contributed by atoms with Crippen molar-refractivity contribution in [3.8, 4) is 11.1 Å². The molecule has 0 fully saturated rings. The van der Waals surface area contributed by atoms with Crippen LogP contribution < -0.4 is 5.73 Å². The van der Waals surface area contributed by atoms with Gasteiger partial charge in [-0.25, -0.2) is 9.97 Å². The molecule has 1 heterocycles. The molecule has 1 aromatic heterocycles. The molecule has 0 aliphatic carbocycles. The van der Waals surface area contributed by atoms with Crippen LogP contribution in [0.1, 0.15) is 12.0 Å². The van der Waals surface area contributed by atoms with Gasteiger partial charge in [0.05, 0.1) is 0 Å². The number of rotatable bonds is 4. The van der Waals surface area contributed by atoms with E-state index in [0.717, 1.165) is 30.5 Å². The third-order valence-corrected chi connectivity index (χ3v) is 2.52. The Labute approximate surface area is 95.4 Å². The van der Waals surface area contributed by atoms with Gasteiger partial charge >= 0.3 is 0 Å². The Kier molecular flexibility index (Phi) is 3.62. The highest BCUT2D eigenvalue weighted by Gasteiger charge is 1.98. The second kappa shape index (κ2) is 5.37. The fourth-order valence-electron chi connectivity index (χ4n) is 1.62. The van der Waals surface area contributed by atoms with Crippen LogP contribution in [0.3, 0.4) is 0 Å². The summed E-state index contributed by atoms with van der Waals surface area (Å²) < 4.78 is 0. The minimum Gasteiger partial charge on any atom is -0.330 e. The van der Waals surface area contributed by atoms with Crippen LogP contribution in [-0.4, -0.2) is 16.5 Å². The van der Waals surface area contributed by atoms with Gasteiger partial charge in [0.25, 0.3) is 0 Å². The third-order valence-electron chi connectivity index (χ3n) is 2.52. The summed E-state index contributed by atoms with van der Waals surface area (Å²) in [6.07, 6.45) is 7.26. The molecule has 0 unspecified atom stereocenters. The maximum atomic E-state index is 5.48. The van der Waals surface area contributed by atoms with E-state index in [2.05, 4.69) is 34.2 Å². The standard InChI is InChI=1S/C13H15N3/c14-7-1-2-11-3-5-12(6-4-11)13-8-15-10-16-9-13/h3-6,8-10H,1-2,7,14H2.